The average Bonchev–Trinajstić information content (AvgIpc) is 2.29. The van der Waals surface area contributed by atoms with Crippen molar-refractivity contribution in [2.45, 2.75) is 0 Å². The molecule has 0 radical (unpaired) electrons. The summed E-state index contributed by atoms with van der Waals surface area (Å²) in [4.78, 5) is 0. The first-order valence-corrected chi connectivity index (χ1v) is 4.46. The minimum absolute atomic E-state index is 0.358. The summed E-state index contributed by atoms with van der Waals surface area (Å²) >= 11 is 0. The molecule has 5 nitrogen and oxygen atoms in total. The van der Waals surface area contributed by atoms with Crippen LogP contribution in [-0.2, 0) is 0 Å². The van der Waals surface area contributed by atoms with Gasteiger partial charge in [0, 0.05) is 0 Å². The van der Waals surface area contributed by atoms with E-state index in [9.17, 15) is 0 Å². The van der Waals surface area contributed by atoms with Crippen LogP contribution in [0.3, 0.4) is 0 Å². The Kier molecular flexibility index (Phi) is 2.47. The van der Waals surface area contributed by atoms with E-state index in [0.717, 1.165) is 11.1 Å². The fourth-order valence-corrected chi connectivity index (χ4v) is 1.42. The van der Waals surface area contributed by atoms with E-state index in [4.69, 9.17) is 11.6 Å². The second-order valence-electron chi connectivity index (χ2n) is 3.03. The second-order valence-corrected chi connectivity index (χ2v) is 3.03. The third-order valence-electron chi connectivity index (χ3n) is 2.10. The highest BCUT2D eigenvalue weighted by atomic mass is 15.2. The summed E-state index contributed by atoms with van der Waals surface area (Å²) in [5.74, 6) is 5.74. The molecule has 0 aliphatic carbocycles. The minimum atomic E-state index is 0.358. The molecule has 5 heteroatoms. The second kappa shape index (κ2) is 3.93. The van der Waals surface area contributed by atoms with Gasteiger partial charge in [0.15, 0.2) is 5.82 Å². The van der Waals surface area contributed by atoms with Crippen LogP contribution in [-0.4, -0.2) is 10.2 Å². The van der Waals surface area contributed by atoms with Crippen LogP contribution < -0.4 is 17.0 Å². The van der Waals surface area contributed by atoms with Crippen LogP contribution in [0.2, 0.25) is 0 Å². The molecule has 1 aromatic heterocycles. The quantitative estimate of drug-likeness (QED) is 0.498. The van der Waals surface area contributed by atoms with Crippen LogP contribution >= 0.6 is 0 Å². The molecule has 0 bridgehead atoms. The van der Waals surface area contributed by atoms with Gasteiger partial charge in [-0.3, -0.25) is 5.84 Å². The summed E-state index contributed by atoms with van der Waals surface area (Å²) in [6.07, 6.45) is 1.54. The number of benzene rings is 1. The van der Waals surface area contributed by atoms with Crippen LogP contribution in [0.1, 0.15) is 0 Å². The van der Waals surface area contributed by atoms with Gasteiger partial charge in [0.2, 0.25) is 0 Å². The van der Waals surface area contributed by atoms with Crippen molar-refractivity contribution in [1.29, 1.82) is 0 Å². The monoisotopic (exact) mass is 201 g/mol. The number of aromatic nitrogens is 2. The molecule has 0 aliphatic heterocycles. The predicted molar refractivity (Wildman–Crippen MR) is 59.7 cm³/mol. The first-order valence-electron chi connectivity index (χ1n) is 4.46. The maximum atomic E-state index is 5.76. The molecule has 2 rings (SSSR count). The molecule has 2 aromatic rings. The molecule has 5 N–H and O–H groups in total. The molecule has 1 heterocycles. The Balaban J connectivity index is 2.61. The fourth-order valence-electron chi connectivity index (χ4n) is 1.42. The van der Waals surface area contributed by atoms with Crippen LogP contribution in [0.25, 0.3) is 11.1 Å². The summed E-state index contributed by atoms with van der Waals surface area (Å²) in [5.41, 5.74) is 10.7. The molecule has 15 heavy (non-hydrogen) atoms. The Morgan fingerprint density at radius 2 is 1.87 bits per heavy atom. The first-order chi connectivity index (χ1) is 7.33. The highest BCUT2D eigenvalue weighted by Crippen LogP contribution is 2.30. The molecule has 0 saturated carbocycles. The normalized spacial score (nSPS) is 9.93. The van der Waals surface area contributed by atoms with Crippen LogP contribution in [0.15, 0.2) is 36.5 Å². The number of hydrogen-bond acceptors (Lipinski definition) is 5. The number of nitrogens with one attached hydrogen (secondary N) is 1. The zero-order valence-electron chi connectivity index (χ0n) is 8.01. The summed E-state index contributed by atoms with van der Waals surface area (Å²) in [6, 6.07) is 9.66. The van der Waals surface area contributed by atoms with E-state index in [2.05, 4.69) is 15.6 Å². The number of nitrogens with two attached hydrogens (primary N) is 2. The largest absolute Gasteiger partial charge is 0.382 e. The molecule has 0 spiro atoms. The maximum Gasteiger partial charge on any atom is 0.156 e. The van der Waals surface area contributed by atoms with E-state index in [1.54, 1.807) is 6.20 Å². The van der Waals surface area contributed by atoms with Gasteiger partial charge >= 0.3 is 0 Å². The van der Waals surface area contributed by atoms with Gasteiger partial charge in [-0.05, 0) is 5.56 Å². The zero-order valence-corrected chi connectivity index (χ0v) is 8.01. The predicted octanol–water partition coefficient (Wildman–Crippen LogP) is 1.01. The van der Waals surface area contributed by atoms with Gasteiger partial charge in [-0.2, -0.15) is 5.10 Å². The van der Waals surface area contributed by atoms with Crippen LogP contribution in [0, 0.1) is 0 Å². The Morgan fingerprint density at radius 1 is 1.13 bits per heavy atom. The van der Waals surface area contributed by atoms with E-state index in [0.29, 0.717) is 11.5 Å². The molecular formula is C10H11N5. The highest BCUT2D eigenvalue weighted by Gasteiger charge is 2.09. The lowest BCUT2D eigenvalue weighted by molar-refractivity contribution is 1.04. The van der Waals surface area contributed by atoms with E-state index in [1.165, 1.54) is 0 Å². The molecular weight excluding hydrogens is 190 g/mol. The summed E-state index contributed by atoms with van der Waals surface area (Å²) in [6.45, 7) is 0. The molecule has 76 valence electrons. The van der Waals surface area contributed by atoms with E-state index in [-0.39, 0.29) is 0 Å². The van der Waals surface area contributed by atoms with Gasteiger partial charge in [0.25, 0.3) is 0 Å². The van der Waals surface area contributed by atoms with Gasteiger partial charge in [-0.25, -0.2) is 0 Å². The SMILES string of the molecule is NNc1cnnc(N)c1-c1ccccc1. The first kappa shape index (κ1) is 9.42. The average molecular weight is 201 g/mol. The third-order valence-corrected chi connectivity index (χ3v) is 2.10. The Morgan fingerprint density at radius 3 is 2.53 bits per heavy atom. The lowest BCUT2D eigenvalue weighted by atomic mass is 10.1. The minimum Gasteiger partial charge on any atom is -0.382 e. The standard InChI is InChI=1S/C10H11N5/c11-10-9(7-4-2-1-3-5-7)8(14-12)6-13-15-10/h1-6H,12H2,(H3,11,14,15). The molecule has 1 aromatic carbocycles. The summed E-state index contributed by atoms with van der Waals surface area (Å²) in [7, 11) is 0. The van der Waals surface area contributed by atoms with E-state index in [1.807, 2.05) is 30.3 Å². The maximum absolute atomic E-state index is 5.76. The molecule has 0 aliphatic rings. The summed E-state index contributed by atoms with van der Waals surface area (Å²) < 4.78 is 0. The number of rotatable bonds is 2. The number of hydrogen-bond donors (Lipinski definition) is 3. The van der Waals surface area contributed by atoms with Crippen molar-refractivity contribution in [2.24, 2.45) is 5.84 Å². The molecule has 0 amide bonds. The number of anilines is 2. The van der Waals surface area contributed by atoms with Crippen molar-refractivity contribution in [2.75, 3.05) is 11.2 Å². The Hall–Kier alpha value is -2.14. The number of nitrogen functional groups attached to an aromatic ring is 2. The molecule has 0 saturated heterocycles. The Labute approximate surface area is 87.1 Å². The lowest BCUT2D eigenvalue weighted by Gasteiger charge is -2.09. The zero-order chi connectivity index (χ0) is 10.7. The summed E-state index contributed by atoms with van der Waals surface area (Å²) in [5, 5.41) is 7.52. The Bertz CT molecular complexity index is 455. The number of hydrazine groups is 1. The van der Waals surface area contributed by atoms with Crippen molar-refractivity contribution in [1.82, 2.24) is 10.2 Å². The lowest BCUT2D eigenvalue weighted by Crippen LogP contribution is -2.10. The van der Waals surface area contributed by atoms with E-state index < -0.39 is 0 Å². The van der Waals surface area contributed by atoms with Crippen LogP contribution in [0.4, 0.5) is 11.5 Å². The van der Waals surface area contributed by atoms with Crippen molar-refractivity contribution in [3.05, 3.63) is 36.5 Å². The highest BCUT2D eigenvalue weighted by molar-refractivity contribution is 5.84. The smallest absolute Gasteiger partial charge is 0.156 e. The molecule has 0 fully saturated rings. The van der Waals surface area contributed by atoms with E-state index >= 15 is 0 Å². The van der Waals surface area contributed by atoms with Gasteiger partial charge in [0.1, 0.15) is 0 Å². The number of nitrogens with zero attached hydrogens (tertiary/aromatic N) is 2. The van der Waals surface area contributed by atoms with Crippen molar-refractivity contribution >= 4 is 11.5 Å². The van der Waals surface area contributed by atoms with Crippen molar-refractivity contribution < 1.29 is 0 Å². The van der Waals surface area contributed by atoms with Crippen molar-refractivity contribution in [3.63, 3.8) is 0 Å². The fraction of sp³-hybridized carbons (Fsp3) is 0. The third kappa shape index (κ3) is 1.72. The van der Waals surface area contributed by atoms with Gasteiger partial charge in [-0.1, -0.05) is 30.3 Å². The molecule has 0 atom stereocenters. The topological polar surface area (TPSA) is 89.8 Å². The van der Waals surface area contributed by atoms with Crippen LogP contribution in [0.5, 0.6) is 0 Å². The van der Waals surface area contributed by atoms with Gasteiger partial charge < -0.3 is 11.2 Å². The van der Waals surface area contributed by atoms with Gasteiger partial charge in [0.05, 0.1) is 17.4 Å². The van der Waals surface area contributed by atoms with Gasteiger partial charge in [-0.15, -0.1) is 5.10 Å². The van der Waals surface area contributed by atoms with Crippen molar-refractivity contribution in [3.8, 4) is 11.1 Å². The molecule has 0 unspecified atom stereocenters.